The normalized spacial score (nSPS) is 18.1. The molecule has 1 heterocycles. The first-order chi connectivity index (χ1) is 14.6. The van der Waals surface area contributed by atoms with Gasteiger partial charge in [0.05, 0.1) is 23.6 Å². The molecule has 0 saturated heterocycles. The molecule has 1 fully saturated rings. The molecule has 1 aliphatic carbocycles. The first-order valence-corrected chi connectivity index (χ1v) is 10.8. The molecule has 1 aromatic heterocycles. The zero-order valence-corrected chi connectivity index (χ0v) is 18.9. The van der Waals surface area contributed by atoms with E-state index >= 15 is 0 Å². The average molecular weight is 420 g/mol. The van der Waals surface area contributed by atoms with Gasteiger partial charge in [0.2, 0.25) is 5.91 Å². The van der Waals surface area contributed by atoms with Crippen molar-refractivity contribution < 1.29 is 9.18 Å². The number of carbonyl (C=O) groups excluding carboxylic acids is 1. The van der Waals surface area contributed by atoms with Crippen LogP contribution in [0.5, 0.6) is 0 Å². The van der Waals surface area contributed by atoms with Crippen LogP contribution in [0.1, 0.15) is 61.2 Å². The van der Waals surface area contributed by atoms with Gasteiger partial charge >= 0.3 is 0 Å². The van der Waals surface area contributed by atoms with Gasteiger partial charge < -0.3 is 5.32 Å². The number of rotatable bonds is 5. The Morgan fingerprint density at radius 1 is 1.10 bits per heavy atom. The third kappa shape index (κ3) is 4.55. The fraction of sp³-hybridized carbons (Fsp3) is 0.385. The quantitative estimate of drug-likeness (QED) is 0.574. The average Bonchev–Trinajstić information content (AvgIpc) is 3.48. The predicted molar refractivity (Wildman–Crippen MR) is 122 cm³/mol. The van der Waals surface area contributed by atoms with Gasteiger partial charge in [-0.25, -0.2) is 4.39 Å². The molecule has 0 bridgehead atoms. The fourth-order valence-electron chi connectivity index (χ4n) is 4.09. The van der Waals surface area contributed by atoms with Gasteiger partial charge in [-0.15, -0.1) is 0 Å². The van der Waals surface area contributed by atoms with E-state index in [4.69, 9.17) is 0 Å². The van der Waals surface area contributed by atoms with Gasteiger partial charge in [0.15, 0.2) is 0 Å². The minimum Gasteiger partial charge on any atom is -0.323 e. The molecule has 4 rings (SSSR count). The minimum atomic E-state index is -0.253. The highest BCUT2D eigenvalue weighted by molar-refractivity contribution is 5.96. The number of carbonyl (C=O) groups is 1. The zero-order valence-electron chi connectivity index (χ0n) is 18.9. The first kappa shape index (κ1) is 21.3. The van der Waals surface area contributed by atoms with Gasteiger partial charge in [-0.3, -0.25) is 9.48 Å². The third-order valence-corrected chi connectivity index (χ3v) is 6.21. The van der Waals surface area contributed by atoms with Gasteiger partial charge in [-0.2, -0.15) is 5.10 Å². The largest absolute Gasteiger partial charge is 0.323 e. The highest BCUT2D eigenvalue weighted by Crippen LogP contribution is 2.48. The Hall–Kier alpha value is -2.95. The van der Waals surface area contributed by atoms with E-state index in [1.165, 1.54) is 23.3 Å². The number of anilines is 1. The molecule has 2 atom stereocenters. The lowest BCUT2D eigenvalue weighted by Gasteiger charge is -2.19. The maximum atomic E-state index is 13.2. The molecule has 0 radical (unpaired) electrons. The molecular weight excluding hydrogens is 389 g/mol. The summed E-state index contributed by atoms with van der Waals surface area (Å²) in [6.45, 7) is 11.0. The summed E-state index contributed by atoms with van der Waals surface area (Å²) in [5, 5.41) is 7.69. The van der Waals surface area contributed by atoms with E-state index in [2.05, 4.69) is 55.5 Å². The maximum absolute atomic E-state index is 13.2. The van der Waals surface area contributed by atoms with Crippen LogP contribution in [0, 0.1) is 25.6 Å². The highest BCUT2D eigenvalue weighted by Gasteiger charge is 2.44. The van der Waals surface area contributed by atoms with Crippen molar-refractivity contribution >= 4 is 11.6 Å². The number of nitrogens with zero attached hydrogens (tertiary/aromatic N) is 2. The summed E-state index contributed by atoms with van der Waals surface area (Å²) < 4.78 is 15.0. The summed E-state index contributed by atoms with van der Waals surface area (Å²) >= 11 is 0. The van der Waals surface area contributed by atoms with Crippen molar-refractivity contribution in [3.63, 3.8) is 0 Å². The van der Waals surface area contributed by atoms with Crippen molar-refractivity contribution in [2.24, 2.45) is 5.92 Å². The second-order valence-electron chi connectivity index (χ2n) is 9.64. The summed E-state index contributed by atoms with van der Waals surface area (Å²) in [4.78, 5) is 12.9. The van der Waals surface area contributed by atoms with Crippen molar-refractivity contribution in [1.29, 1.82) is 0 Å². The van der Waals surface area contributed by atoms with E-state index in [0.29, 0.717) is 6.54 Å². The van der Waals surface area contributed by atoms with Crippen molar-refractivity contribution in [3.8, 4) is 0 Å². The molecular formula is C26H30FN3O. The van der Waals surface area contributed by atoms with Crippen LogP contribution in [0.2, 0.25) is 0 Å². The van der Waals surface area contributed by atoms with Gasteiger partial charge in [-0.05, 0) is 60.4 Å². The minimum absolute atomic E-state index is 0.000245. The van der Waals surface area contributed by atoms with Crippen LogP contribution >= 0.6 is 0 Å². The van der Waals surface area contributed by atoms with E-state index in [1.54, 1.807) is 12.1 Å². The second kappa shape index (κ2) is 7.95. The van der Waals surface area contributed by atoms with Gasteiger partial charge in [-0.1, -0.05) is 57.2 Å². The van der Waals surface area contributed by atoms with E-state index in [-0.39, 0.29) is 29.0 Å². The molecule has 4 nitrogen and oxygen atoms in total. The zero-order chi connectivity index (χ0) is 22.3. The second-order valence-corrected chi connectivity index (χ2v) is 9.64. The molecule has 0 spiro atoms. The SMILES string of the molecule is Cc1nn(Cc2ccc(F)cc2)c(C)c1NC(=O)[C@H]1C[C@H]1c1ccc(C(C)(C)C)cc1. The lowest BCUT2D eigenvalue weighted by molar-refractivity contribution is -0.117. The van der Waals surface area contributed by atoms with Crippen LogP contribution in [-0.4, -0.2) is 15.7 Å². The summed E-state index contributed by atoms with van der Waals surface area (Å²) in [5.41, 5.74) is 6.10. The Kier molecular flexibility index (Phi) is 5.46. The molecule has 31 heavy (non-hydrogen) atoms. The molecule has 1 N–H and O–H groups in total. The predicted octanol–water partition coefficient (Wildman–Crippen LogP) is 5.73. The van der Waals surface area contributed by atoms with Crippen molar-refractivity contribution in [1.82, 2.24) is 9.78 Å². The van der Waals surface area contributed by atoms with Gasteiger partial charge in [0.1, 0.15) is 5.82 Å². The van der Waals surface area contributed by atoms with Crippen LogP contribution < -0.4 is 5.32 Å². The van der Waals surface area contributed by atoms with Crippen molar-refractivity contribution in [2.45, 2.75) is 58.9 Å². The summed E-state index contributed by atoms with van der Waals surface area (Å²) in [6, 6.07) is 15.1. The number of aryl methyl sites for hydroxylation is 1. The third-order valence-electron chi connectivity index (χ3n) is 6.21. The lowest BCUT2D eigenvalue weighted by Crippen LogP contribution is -2.16. The molecule has 1 amide bonds. The summed E-state index contributed by atoms with van der Waals surface area (Å²) in [5.74, 6) is 0.0816. The van der Waals surface area contributed by atoms with E-state index in [0.717, 1.165) is 29.1 Å². The number of nitrogens with one attached hydrogen (secondary N) is 1. The number of halogens is 1. The van der Waals surface area contributed by atoms with Gasteiger partial charge in [0, 0.05) is 5.92 Å². The highest BCUT2D eigenvalue weighted by atomic mass is 19.1. The van der Waals surface area contributed by atoms with Crippen molar-refractivity contribution in [2.75, 3.05) is 5.32 Å². The summed E-state index contributed by atoms with van der Waals surface area (Å²) in [7, 11) is 0. The number of hydrogen-bond donors (Lipinski definition) is 1. The molecule has 0 unspecified atom stereocenters. The van der Waals surface area contributed by atoms with Crippen LogP contribution in [0.4, 0.5) is 10.1 Å². The topological polar surface area (TPSA) is 46.9 Å². The molecule has 1 saturated carbocycles. The number of hydrogen-bond acceptors (Lipinski definition) is 2. The van der Waals surface area contributed by atoms with Gasteiger partial charge in [0.25, 0.3) is 0 Å². The number of aromatic nitrogens is 2. The molecule has 1 aliphatic rings. The Labute approximate surface area is 183 Å². The molecule has 162 valence electrons. The van der Waals surface area contributed by atoms with Crippen LogP contribution in [0.3, 0.4) is 0 Å². The van der Waals surface area contributed by atoms with E-state index < -0.39 is 0 Å². The monoisotopic (exact) mass is 419 g/mol. The maximum Gasteiger partial charge on any atom is 0.228 e. The van der Waals surface area contributed by atoms with Crippen molar-refractivity contribution in [3.05, 3.63) is 82.4 Å². The van der Waals surface area contributed by atoms with E-state index in [9.17, 15) is 9.18 Å². The molecule has 2 aromatic carbocycles. The smallest absolute Gasteiger partial charge is 0.228 e. The molecule has 0 aliphatic heterocycles. The van der Waals surface area contributed by atoms with Crippen LogP contribution in [-0.2, 0) is 16.8 Å². The van der Waals surface area contributed by atoms with Crippen LogP contribution in [0.15, 0.2) is 48.5 Å². The fourth-order valence-corrected chi connectivity index (χ4v) is 4.09. The Morgan fingerprint density at radius 3 is 2.35 bits per heavy atom. The first-order valence-electron chi connectivity index (χ1n) is 10.8. The Morgan fingerprint density at radius 2 is 1.74 bits per heavy atom. The standard InChI is InChI=1S/C26H30FN3O/c1-16-24(17(2)30(29-16)15-18-6-12-21(27)13-7-18)28-25(31)23-14-22(23)19-8-10-20(11-9-19)26(3,4)5/h6-13,22-23H,14-15H2,1-5H3,(H,28,31)/t22-,23-/m0/s1. The summed E-state index contributed by atoms with van der Waals surface area (Å²) in [6.07, 6.45) is 0.877. The van der Waals surface area contributed by atoms with Crippen LogP contribution in [0.25, 0.3) is 0 Å². The number of benzene rings is 2. The molecule has 5 heteroatoms. The van der Waals surface area contributed by atoms with E-state index in [1.807, 2.05) is 18.5 Å². The Bertz CT molecular complexity index is 1090. The molecule has 3 aromatic rings. The lowest BCUT2D eigenvalue weighted by atomic mass is 9.86. The number of amides is 1. The Balaban J connectivity index is 1.42.